The molecule has 3 aromatic carbocycles. The Morgan fingerprint density at radius 3 is 2.48 bits per heavy atom. The number of imide groups is 1. The van der Waals surface area contributed by atoms with Gasteiger partial charge in [-0.25, -0.2) is 4.39 Å². The minimum Gasteiger partial charge on any atom is -0.489 e. The van der Waals surface area contributed by atoms with E-state index in [2.05, 4.69) is 0 Å². The Morgan fingerprint density at radius 1 is 1.00 bits per heavy atom. The molecule has 0 unspecified atom stereocenters. The standard InChI is InChI=1S/C24H17FN2O5S/c25-20-10-3-1-8-18(20)15-32-19-9-5-6-16(12-19)13-22-23(28)26(24(29)33-22)14-17-7-2-4-11-21(17)27(30)31/h1-13H,14-15H2. The quantitative estimate of drug-likeness (QED) is 0.259. The lowest BCUT2D eigenvalue weighted by molar-refractivity contribution is -0.385. The maximum absolute atomic E-state index is 13.8. The van der Waals surface area contributed by atoms with Crippen LogP contribution in [0, 0.1) is 15.9 Å². The second-order valence-corrected chi connectivity index (χ2v) is 8.10. The second kappa shape index (κ2) is 9.66. The number of para-hydroxylation sites is 1. The minimum atomic E-state index is -0.545. The number of carbonyl (C=O) groups excluding carboxylic acids is 2. The highest BCUT2D eigenvalue weighted by Crippen LogP contribution is 2.34. The van der Waals surface area contributed by atoms with Crippen molar-refractivity contribution in [1.29, 1.82) is 0 Å². The van der Waals surface area contributed by atoms with Crippen molar-refractivity contribution >= 4 is 34.7 Å². The Balaban J connectivity index is 1.49. The van der Waals surface area contributed by atoms with Gasteiger partial charge < -0.3 is 4.74 Å². The Morgan fingerprint density at radius 2 is 1.73 bits per heavy atom. The number of nitrogens with zero attached hydrogens (tertiary/aromatic N) is 2. The zero-order chi connectivity index (χ0) is 23.4. The van der Waals surface area contributed by atoms with Crippen molar-refractivity contribution in [2.24, 2.45) is 0 Å². The van der Waals surface area contributed by atoms with Crippen molar-refractivity contribution in [3.8, 4) is 5.75 Å². The van der Waals surface area contributed by atoms with Gasteiger partial charge in [0.05, 0.1) is 16.4 Å². The van der Waals surface area contributed by atoms with E-state index in [0.29, 0.717) is 16.9 Å². The first-order chi connectivity index (χ1) is 15.9. The summed E-state index contributed by atoms with van der Waals surface area (Å²) in [6.45, 7) is -0.145. The third-order valence-electron chi connectivity index (χ3n) is 4.90. The Hall–Kier alpha value is -3.98. The van der Waals surface area contributed by atoms with Crippen LogP contribution < -0.4 is 4.74 Å². The highest BCUT2D eigenvalue weighted by Gasteiger charge is 2.36. The molecule has 0 saturated carbocycles. The van der Waals surface area contributed by atoms with E-state index >= 15 is 0 Å². The second-order valence-electron chi connectivity index (χ2n) is 7.11. The molecule has 0 aliphatic carbocycles. The molecule has 1 saturated heterocycles. The number of hydrogen-bond donors (Lipinski definition) is 0. The van der Waals surface area contributed by atoms with E-state index in [1.54, 1.807) is 54.6 Å². The van der Waals surface area contributed by atoms with E-state index in [0.717, 1.165) is 16.7 Å². The van der Waals surface area contributed by atoms with Crippen LogP contribution >= 0.6 is 11.8 Å². The summed E-state index contributed by atoms with van der Waals surface area (Å²) in [7, 11) is 0. The molecule has 33 heavy (non-hydrogen) atoms. The molecule has 0 radical (unpaired) electrons. The van der Waals surface area contributed by atoms with E-state index in [1.165, 1.54) is 24.3 Å². The minimum absolute atomic E-state index is 0.0441. The van der Waals surface area contributed by atoms with Crippen LogP contribution in [-0.2, 0) is 17.9 Å². The highest BCUT2D eigenvalue weighted by molar-refractivity contribution is 8.18. The molecule has 4 rings (SSSR count). The number of nitro benzene ring substituents is 1. The van der Waals surface area contributed by atoms with Crippen LogP contribution in [0.2, 0.25) is 0 Å². The highest BCUT2D eigenvalue weighted by atomic mass is 32.2. The lowest BCUT2D eigenvalue weighted by atomic mass is 10.1. The Labute approximate surface area is 192 Å². The molecule has 0 atom stereocenters. The largest absolute Gasteiger partial charge is 0.489 e. The van der Waals surface area contributed by atoms with Crippen molar-refractivity contribution in [2.75, 3.05) is 0 Å². The Kier molecular flexibility index (Phi) is 6.50. The summed E-state index contributed by atoms with van der Waals surface area (Å²) < 4.78 is 19.4. The maximum Gasteiger partial charge on any atom is 0.293 e. The molecule has 2 amide bonds. The fourth-order valence-corrected chi connectivity index (χ4v) is 4.09. The number of halogens is 1. The molecule has 0 N–H and O–H groups in total. The normalized spacial score (nSPS) is 14.7. The zero-order valence-corrected chi connectivity index (χ0v) is 18.0. The number of carbonyl (C=O) groups is 2. The Bertz CT molecular complexity index is 1280. The molecule has 1 aliphatic rings. The van der Waals surface area contributed by atoms with Gasteiger partial charge in [-0.1, -0.05) is 48.5 Å². The number of rotatable bonds is 7. The smallest absolute Gasteiger partial charge is 0.293 e. The summed E-state index contributed by atoms with van der Waals surface area (Å²) >= 11 is 0.766. The molecule has 7 nitrogen and oxygen atoms in total. The number of amides is 2. The average molecular weight is 464 g/mol. The van der Waals surface area contributed by atoms with Crippen molar-refractivity contribution in [3.05, 3.63) is 110 Å². The van der Waals surface area contributed by atoms with Gasteiger partial charge in [-0.2, -0.15) is 0 Å². The van der Waals surface area contributed by atoms with Crippen molar-refractivity contribution in [1.82, 2.24) is 4.90 Å². The summed E-state index contributed by atoms with van der Waals surface area (Å²) in [5.41, 5.74) is 1.16. The van der Waals surface area contributed by atoms with Gasteiger partial charge in [-0.05, 0) is 41.6 Å². The average Bonchev–Trinajstić information content (AvgIpc) is 3.06. The topological polar surface area (TPSA) is 89.8 Å². The summed E-state index contributed by atoms with van der Waals surface area (Å²) in [5.74, 6) is -0.409. The first-order valence-corrected chi connectivity index (χ1v) is 10.7. The number of benzene rings is 3. The molecule has 1 aliphatic heterocycles. The maximum atomic E-state index is 13.8. The van der Waals surface area contributed by atoms with Gasteiger partial charge in [0, 0.05) is 17.2 Å². The number of ether oxygens (including phenoxy) is 1. The number of hydrogen-bond acceptors (Lipinski definition) is 6. The summed E-state index contributed by atoms with van der Waals surface area (Å²) in [6, 6.07) is 19.1. The lowest BCUT2D eigenvalue weighted by Gasteiger charge is -2.12. The van der Waals surface area contributed by atoms with Crippen LogP contribution in [0.25, 0.3) is 6.08 Å². The van der Waals surface area contributed by atoms with Gasteiger partial charge >= 0.3 is 0 Å². The molecule has 0 spiro atoms. The van der Waals surface area contributed by atoms with Crippen LogP contribution in [0.4, 0.5) is 14.9 Å². The predicted octanol–water partition coefficient (Wildman–Crippen LogP) is 5.55. The first kappa shape index (κ1) is 22.2. The fraction of sp³-hybridized carbons (Fsp3) is 0.0833. The third kappa shape index (κ3) is 5.09. The monoisotopic (exact) mass is 464 g/mol. The summed E-state index contributed by atoms with van der Waals surface area (Å²) in [6.07, 6.45) is 1.56. The predicted molar refractivity (Wildman–Crippen MR) is 122 cm³/mol. The van der Waals surface area contributed by atoms with Crippen LogP contribution in [0.15, 0.2) is 77.7 Å². The van der Waals surface area contributed by atoms with Crippen LogP contribution in [0.5, 0.6) is 5.75 Å². The van der Waals surface area contributed by atoms with E-state index in [-0.39, 0.29) is 35.1 Å². The van der Waals surface area contributed by atoms with Gasteiger partial charge in [0.2, 0.25) is 0 Å². The molecular formula is C24H17FN2O5S. The van der Waals surface area contributed by atoms with Crippen molar-refractivity contribution < 1.29 is 23.6 Å². The van der Waals surface area contributed by atoms with Crippen molar-refractivity contribution in [3.63, 3.8) is 0 Å². The molecule has 9 heteroatoms. The van der Waals surface area contributed by atoms with Gasteiger partial charge in [-0.15, -0.1) is 0 Å². The molecule has 0 bridgehead atoms. The molecule has 1 heterocycles. The number of nitro groups is 1. The van der Waals surface area contributed by atoms with Crippen molar-refractivity contribution in [2.45, 2.75) is 13.2 Å². The van der Waals surface area contributed by atoms with Gasteiger partial charge in [-0.3, -0.25) is 24.6 Å². The first-order valence-electron chi connectivity index (χ1n) is 9.86. The van der Waals surface area contributed by atoms with Crippen LogP contribution in [0.1, 0.15) is 16.7 Å². The molecular weight excluding hydrogens is 447 g/mol. The van der Waals surface area contributed by atoms with E-state index in [1.807, 2.05) is 0 Å². The third-order valence-corrected chi connectivity index (χ3v) is 5.81. The van der Waals surface area contributed by atoms with Gasteiger partial charge in [0.25, 0.3) is 16.8 Å². The molecule has 166 valence electrons. The number of thioether (sulfide) groups is 1. The van der Waals surface area contributed by atoms with Crippen LogP contribution in [0.3, 0.4) is 0 Å². The van der Waals surface area contributed by atoms with E-state index in [9.17, 15) is 24.1 Å². The molecule has 3 aromatic rings. The SMILES string of the molecule is O=C1SC(=Cc2cccc(OCc3ccccc3F)c2)C(=O)N1Cc1ccccc1[N+](=O)[O-]. The summed E-state index contributed by atoms with van der Waals surface area (Å²) in [4.78, 5) is 37.1. The lowest BCUT2D eigenvalue weighted by Crippen LogP contribution is -2.27. The van der Waals surface area contributed by atoms with E-state index in [4.69, 9.17) is 4.74 Å². The van der Waals surface area contributed by atoms with Crippen LogP contribution in [-0.4, -0.2) is 21.0 Å². The van der Waals surface area contributed by atoms with Gasteiger partial charge in [0.15, 0.2) is 0 Å². The molecule has 1 fully saturated rings. The van der Waals surface area contributed by atoms with E-state index < -0.39 is 16.1 Å². The molecule has 0 aromatic heterocycles. The van der Waals surface area contributed by atoms with Gasteiger partial charge in [0.1, 0.15) is 18.2 Å². The summed E-state index contributed by atoms with van der Waals surface area (Å²) in [5, 5.41) is 10.7. The zero-order valence-electron chi connectivity index (χ0n) is 17.1. The fourth-order valence-electron chi connectivity index (χ4n) is 3.25.